The van der Waals surface area contributed by atoms with Crippen LogP contribution in [0.25, 0.3) is 0 Å². The lowest BCUT2D eigenvalue weighted by molar-refractivity contribution is 0.562. The van der Waals surface area contributed by atoms with Gasteiger partial charge in [0, 0.05) is 12.4 Å². The van der Waals surface area contributed by atoms with Crippen molar-refractivity contribution in [2.24, 2.45) is 0 Å². The second kappa shape index (κ2) is 12.4. The van der Waals surface area contributed by atoms with Crippen LogP contribution < -0.4 is 5.46 Å². The van der Waals surface area contributed by atoms with E-state index in [-0.39, 0.29) is 0 Å². The van der Waals surface area contributed by atoms with Crippen molar-refractivity contribution in [2.75, 3.05) is 0 Å². The van der Waals surface area contributed by atoms with Gasteiger partial charge >= 0.3 is 0 Å². The van der Waals surface area contributed by atoms with Gasteiger partial charge in [0.25, 0.3) is 5.54 Å². The van der Waals surface area contributed by atoms with Crippen LogP contribution in [0.1, 0.15) is 71.1 Å². The van der Waals surface area contributed by atoms with Gasteiger partial charge in [-0.05, 0) is 12.1 Å². The second-order valence-electron chi connectivity index (χ2n) is 5.72. The first-order valence-electron chi connectivity index (χ1n) is 8.38. The van der Waals surface area contributed by atoms with Crippen LogP contribution in [-0.4, -0.2) is 10.5 Å². The first kappa shape index (κ1) is 17.7. The molecule has 0 aromatic carbocycles. The minimum Gasteiger partial charge on any atom is -0.265 e. The quantitative estimate of drug-likeness (QED) is 0.357. The summed E-state index contributed by atoms with van der Waals surface area (Å²) < 4.78 is 0. The Hall–Kier alpha value is -0.305. The third-order valence-electron chi connectivity index (χ3n) is 3.88. The van der Waals surface area contributed by atoms with Crippen LogP contribution in [0, 0.1) is 0 Å². The van der Waals surface area contributed by atoms with Gasteiger partial charge in [0.05, 0.1) is 0 Å². The van der Waals surface area contributed by atoms with Crippen molar-refractivity contribution in [3.05, 3.63) is 24.5 Å². The van der Waals surface area contributed by atoms with Gasteiger partial charge in [0.1, 0.15) is 0 Å². The van der Waals surface area contributed by atoms with Gasteiger partial charge in [-0.2, -0.15) is 0 Å². The summed E-state index contributed by atoms with van der Waals surface area (Å²) in [7, 11) is 0. The minimum absolute atomic E-state index is 0.500. The molecule has 0 aliphatic heterocycles. The number of aromatic nitrogens is 1. The number of unbranched alkanes of at least 4 members (excludes halogenated alkanes) is 9. The molecule has 0 atom stereocenters. The first-order valence-corrected chi connectivity index (χ1v) is 9.30. The highest BCUT2D eigenvalue weighted by Crippen LogP contribution is 2.13. The monoisotopic (exact) mass is 337 g/mol. The molecule has 0 fully saturated rings. The summed E-state index contributed by atoms with van der Waals surface area (Å²) in [6.45, 7) is 2.28. The van der Waals surface area contributed by atoms with Gasteiger partial charge in [-0.1, -0.05) is 82.9 Å². The number of halogens is 1. The number of rotatable bonds is 12. The molecule has 20 heavy (non-hydrogen) atoms. The summed E-state index contributed by atoms with van der Waals surface area (Å²) in [6, 6.07) is 4.21. The van der Waals surface area contributed by atoms with E-state index in [0.717, 1.165) is 0 Å². The normalized spacial score (nSPS) is 10.7. The SMILES string of the molecule is CCCCCCCCCCCCB(Br)c1ccncc1. The standard InChI is InChI=1S/C17H29BBrN/c1-2-3-4-5-6-7-8-9-10-11-14-18(19)17-12-15-20-16-13-17/h12-13,15-16H,2-11,14H2,1H3. The fraction of sp³-hybridized carbons (Fsp3) is 0.706. The first-order chi connectivity index (χ1) is 9.84. The van der Waals surface area contributed by atoms with Crippen LogP contribution >= 0.6 is 15.8 Å². The van der Waals surface area contributed by atoms with E-state index < -0.39 is 0 Å². The third kappa shape index (κ3) is 8.78. The smallest absolute Gasteiger partial charge is 0.255 e. The van der Waals surface area contributed by atoms with E-state index in [2.05, 4.69) is 39.8 Å². The van der Waals surface area contributed by atoms with Gasteiger partial charge in [0.2, 0.25) is 0 Å². The fourth-order valence-corrected chi connectivity index (χ4v) is 3.18. The van der Waals surface area contributed by atoms with Crippen LogP contribution in [0.3, 0.4) is 0 Å². The predicted molar refractivity (Wildman–Crippen MR) is 95.2 cm³/mol. The molecule has 0 spiro atoms. The van der Waals surface area contributed by atoms with E-state index in [9.17, 15) is 0 Å². The Morgan fingerprint density at radius 2 is 1.35 bits per heavy atom. The van der Waals surface area contributed by atoms with Crippen LogP contribution in [0.4, 0.5) is 0 Å². The number of hydrogen-bond donors (Lipinski definition) is 0. The van der Waals surface area contributed by atoms with E-state index in [1.54, 1.807) is 0 Å². The molecule has 0 bridgehead atoms. The van der Waals surface area contributed by atoms with E-state index in [0.29, 0.717) is 5.54 Å². The minimum atomic E-state index is 0.500. The molecule has 0 amide bonds. The Balaban J connectivity index is 1.90. The molecular weight excluding hydrogens is 309 g/mol. The molecular formula is C17H29BBrN. The highest BCUT2D eigenvalue weighted by atomic mass is 79.9. The molecule has 3 heteroatoms. The molecule has 0 saturated carbocycles. The zero-order valence-electron chi connectivity index (χ0n) is 13.0. The summed E-state index contributed by atoms with van der Waals surface area (Å²) in [5.74, 6) is 0. The summed E-state index contributed by atoms with van der Waals surface area (Å²) in [5, 5.41) is 0. The van der Waals surface area contributed by atoms with E-state index in [1.165, 1.54) is 76.0 Å². The molecule has 1 aromatic rings. The summed E-state index contributed by atoms with van der Waals surface area (Å²) >= 11 is 3.78. The van der Waals surface area contributed by atoms with Crippen molar-refractivity contribution >= 4 is 26.8 Å². The Bertz CT molecular complexity index is 318. The van der Waals surface area contributed by atoms with Gasteiger partial charge in [-0.25, -0.2) is 0 Å². The van der Waals surface area contributed by atoms with Gasteiger partial charge in [-0.15, -0.1) is 15.8 Å². The molecule has 1 nitrogen and oxygen atoms in total. The average Bonchev–Trinajstić information content (AvgIpc) is 2.50. The molecule has 112 valence electrons. The zero-order valence-corrected chi connectivity index (χ0v) is 14.6. The van der Waals surface area contributed by atoms with Crippen molar-refractivity contribution in [2.45, 2.75) is 77.5 Å². The van der Waals surface area contributed by atoms with Crippen molar-refractivity contribution in [3.63, 3.8) is 0 Å². The molecule has 0 radical (unpaired) electrons. The number of hydrogen-bond acceptors (Lipinski definition) is 1. The highest BCUT2D eigenvalue weighted by Gasteiger charge is 2.11. The largest absolute Gasteiger partial charge is 0.265 e. The average molecular weight is 338 g/mol. The van der Waals surface area contributed by atoms with Gasteiger partial charge in [-0.3, -0.25) is 4.98 Å². The molecule has 0 aliphatic carbocycles. The lowest BCUT2D eigenvalue weighted by Gasteiger charge is -2.06. The Morgan fingerprint density at radius 1 is 0.850 bits per heavy atom. The summed E-state index contributed by atoms with van der Waals surface area (Å²) in [6.07, 6.45) is 19.1. The second-order valence-corrected chi connectivity index (χ2v) is 6.82. The molecule has 0 aliphatic rings. The van der Waals surface area contributed by atoms with E-state index in [1.807, 2.05) is 12.4 Å². The molecule has 0 unspecified atom stereocenters. The van der Waals surface area contributed by atoms with Crippen LogP contribution in [-0.2, 0) is 0 Å². The lowest BCUT2D eigenvalue weighted by atomic mass is 9.66. The zero-order chi connectivity index (χ0) is 14.5. The molecule has 1 heterocycles. The summed E-state index contributed by atoms with van der Waals surface area (Å²) in [5.41, 5.74) is 1.86. The van der Waals surface area contributed by atoms with Crippen molar-refractivity contribution < 1.29 is 0 Å². The Morgan fingerprint density at radius 3 is 1.90 bits per heavy atom. The fourth-order valence-electron chi connectivity index (χ4n) is 2.55. The number of nitrogens with zero attached hydrogens (tertiary/aromatic N) is 1. The molecule has 1 aromatic heterocycles. The Labute approximate surface area is 134 Å². The number of pyridine rings is 1. The van der Waals surface area contributed by atoms with E-state index in [4.69, 9.17) is 0 Å². The van der Waals surface area contributed by atoms with E-state index >= 15 is 0 Å². The summed E-state index contributed by atoms with van der Waals surface area (Å²) in [4.78, 5) is 4.06. The van der Waals surface area contributed by atoms with Gasteiger partial charge in [0.15, 0.2) is 0 Å². The van der Waals surface area contributed by atoms with Gasteiger partial charge < -0.3 is 0 Å². The maximum atomic E-state index is 4.06. The van der Waals surface area contributed by atoms with Crippen LogP contribution in [0.5, 0.6) is 0 Å². The van der Waals surface area contributed by atoms with Crippen molar-refractivity contribution in [1.82, 2.24) is 4.98 Å². The molecule has 1 rings (SSSR count). The maximum absolute atomic E-state index is 4.06. The maximum Gasteiger partial charge on any atom is 0.255 e. The third-order valence-corrected chi connectivity index (χ3v) is 4.87. The van der Waals surface area contributed by atoms with Crippen LogP contribution in [0.2, 0.25) is 6.32 Å². The lowest BCUT2D eigenvalue weighted by Crippen LogP contribution is -2.22. The van der Waals surface area contributed by atoms with Crippen LogP contribution in [0.15, 0.2) is 24.5 Å². The molecule has 0 saturated heterocycles. The van der Waals surface area contributed by atoms with Crippen molar-refractivity contribution in [1.29, 1.82) is 0 Å². The Kier molecular flexibility index (Phi) is 11.0. The molecule has 0 N–H and O–H groups in total. The highest BCUT2D eigenvalue weighted by molar-refractivity contribution is 9.25. The topological polar surface area (TPSA) is 12.9 Å². The predicted octanol–water partition coefficient (Wildman–Crippen LogP) is 5.60. The van der Waals surface area contributed by atoms with Crippen molar-refractivity contribution in [3.8, 4) is 0 Å².